The van der Waals surface area contributed by atoms with E-state index in [0.717, 1.165) is 36.0 Å². The summed E-state index contributed by atoms with van der Waals surface area (Å²) in [4.78, 5) is 15.4. The Morgan fingerprint density at radius 3 is 3.00 bits per heavy atom. The van der Waals surface area contributed by atoms with E-state index in [0.29, 0.717) is 17.0 Å². The van der Waals surface area contributed by atoms with Crippen LogP contribution in [0, 0.1) is 5.82 Å². The Bertz CT molecular complexity index is 699. The van der Waals surface area contributed by atoms with Crippen molar-refractivity contribution in [1.29, 1.82) is 0 Å². The van der Waals surface area contributed by atoms with E-state index < -0.39 is 0 Å². The van der Waals surface area contributed by atoms with Gasteiger partial charge in [-0.15, -0.1) is 11.3 Å². The molecule has 110 valence electrons. The number of carbonyl (C=O) groups excluding carboxylic acids is 1. The molecule has 2 saturated heterocycles. The van der Waals surface area contributed by atoms with Gasteiger partial charge in [0.2, 0.25) is 0 Å². The number of amides is 1. The summed E-state index contributed by atoms with van der Waals surface area (Å²) in [7, 11) is 0. The number of nitrogens with zero attached hydrogens (tertiary/aromatic N) is 1. The molecule has 4 rings (SSSR count). The van der Waals surface area contributed by atoms with Crippen LogP contribution in [0.4, 0.5) is 4.39 Å². The van der Waals surface area contributed by atoms with Crippen LogP contribution in [0.25, 0.3) is 10.1 Å². The molecular weight excluding hydrogens is 287 g/mol. The molecule has 0 radical (unpaired) electrons. The highest BCUT2D eigenvalue weighted by Gasteiger charge is 2.31. The van der Waals surface area contributed by atoms with Gasteiger partial charge in [0.1, 0.15) is 5.82 Å². The topological polar surface area (TPSA) is 32.3 Å². The van der Waals surface area contributed by atoms with Crippen molar-refractivity contribution < 1.29 is 9.18 Å². The second kappa shape index (κ2) is 5.07. The van der Waals surface area contributed by atoms with E-state index in [1.165, 1.54) is 29.9 Å². The van der Waals surface area contributed by atoms with Crippen molar-refractivity contribution in [1.82, 2.24) is 10.2 Å². The molecule has 3 heterocycles. The predicted octanol–water partition coefficient (Wildman–Crippen LogP) is 3.01. The van der Waals surface area contributed by atoms with Gasteiger partial charge in [-0.25, -0.2) is 4.39 Å². The first kappa shape index (κ1) is 13.2. The third-order valence-corrected chi connectivity index (χ3v) is 5.59. The quantitative estimate of drug-likeness (QED) is 0.878. The molecule has 1 amide bonds. The Morgan fingerprint density at radius 2 is 2.10 bits per heavy atom. The standard InChI is InChI=1S/C16H17FN2OS/c17-11-2-1-10-7-15(21-14(10)8-11)16(20)19-6-5-12-3-4-13(9-19)18-12/h1-2,7-8,12-13,18H,3-6,9H2. The molecule has 2 aliphatic rings. The second-order valence-electron chi connectivity index (χ2n) is 5.97. The number of likely N-dealkylation sites (tertiary alicyclic amines) is 1. The van der Waals surface area contributed by atoms with Crippen molar-refractivity contribution in [3.05, 3.63) is 35.0 Å². The largest absolute Gasteiger partial charge is 0.336 e. The molecule has 2 bridgehead atoms. The molecule has 2 fully saturated rings. The molecule has 0 spiro atoms. The van der Waals surface area contributed by atoms with Crippen LogP contribution in [-0.4, -0.2) is 36.0 Å². The highest BCUT2D eigenvalue weighted by molar-refractivity contribution is 7.20. The van der Waals surface area contributed by atoms with Gasteiger partial charge in [0.15, 0.2) is 0 Å². The molecule has 1 aromatic carbocycles. The first-order valence-electron chi connectivity index (χ1n) is 7.43. The lowest BCUT2D eigenvalue weighted by Gasteiger charge is -2.23. The summed E-state index contributed by atoms with van der Waals surface area (Å²) in [5.74, 6) is -0.161. The lowest BCUT2D eigenvalue weighted by molar-refractivity contribution is 0.0753. The van der Waals surface area contributed by atoms with Gasteiger partial charge in [-0.05, 0) is 42.8 Å². The van der Waals surface area contributed by atoms with Crippen molar-refractivity contribution in [3.63, 3.8) is 0 Å². The Hall–Kier alpha value is -1.46. The highest BCUT2D eigenvalue weighted by Crippen LogP contribution is 2.28. The number of hydrogen-bond acceptors (Lipinski definition) is 3. The maximum atomic E-state index is 13.3. The fraction of sp³-hybridized carbons (Fsp3) is 0.438. The van der Waals surface area contributed by atoms with Gasteiger partial charge in [0.25, 0.3) is 5.91 Å². The molecule has 2 unspecified atom stereocenters. The van der Waals surface area contributed by atoms with Crippen LogP contribution in [0.2, 0.25) is 0 Å². The van der Waals surface area contributed by atoms with Gasteiger partial charge in [0.05, 0.1) is 4.88 Å². The Balaban J connectivity index is 1.60. The Labute approximate surface area is 126 Å². The summed E-state index contributed by atoms with van der Waals surface area (Å²) in [6.07, 6.45) is 3.42. The normalized spacial score (nSPS) is 25.3. The number of halogens is 1. The highest BCUT2D eigenvalue weighted by atomic mass is 32.1. The summed E-state index contributed by atoms with van der Waals surface area (Å²) >= 11 is 1.39. The smallest absolute Gasteiger partial charge is 0.264 e. The maximum Gasteiger partial charge on any atom is 0.264 e. The third-order valence-electron chi connectivity index (χ3n) is 4.50. The zero-order chi connectivity index (χ0) is 14.4. The van der Waals surface area contributed by atoms with Crippen molar-refractivity contribution in [2.45, 2.75) is 31.3 Å². The zero-order valence-electron chi connectivity index (χ0n) is 11.6. The van der Waals surface area contributed by atoms with Crippen LogP contribution in [0.3, 0.4) is 0 Å². The van der Waals surface area contributed by atoms with Crippen LogP contribution in [0.1, 0.15) is 28.9 Å². The van der Waals surface area contributed by atoms with Crippen LogP contribution < -0.4 is 5.32 Å². The van der Waals surface area contributed by atoms with Crippen LogP contribution in [-0.2, 0) is 0 Å². The van der Waals surface area contributed by atoms with Gasteiger partial charge in [-0.3, -0.25) is 4.79 Å². The molecule has 0 saturated carbocycles. The molecule has 3 nitrogen and oxygen atoms in total. The number of thiophene rings is 1. The second-order valence-corrected chi connectivity index (χ2v) is 7.05. The van der Waals surface area contributed by atoms with Crippen molar-refractivity contribution in [3.8, 4) is 0 Å². The van der Waals surface area contributed by atoms with E-state index in [4.69, 9.17) is 0 Å². The zero-order valence-corrected chi connectivity index (χ0v) is 12.5. The van der Waals surface area contributed by atoms with Gasteiger partial charge in [-0.2, -0.15) is 0 Å². The molecule has 1 N–H and O–H groups in total. The maximum absolute atomic E-state index is 13.3. The summed E-state index contributed by atoms with van der Waals surface area (Å²) in [6.45, 7) is 1.60. The summed E-state index contributed by atoms with van der Waals surface area (Å²) in [5, 5.41) is 4.53. The number of hydrogen-bond donors (Lipinski definition) is 1. The molecular formula is C16H17FN2OS. The van der Waals surface area contributed by atoms with E-state index >= 15 is 0 Å². The minimum atomic E-state index is -0.250. The average molecular weight is 304 g/mol. The molecule has 1 aromatic heterocycles. The predicted molar refractivity (Wildman–Crippen MR) is 82.2 cm³/mol. The number of nitrogens with one attached hydrogen (secondary N) is 1. The van der Waals surface area contributed by atoms with Crippen molar-refractivity contribution in [2.75, 3.05) is 13.1 Å². The van der Waals surface area contributed by atoms with E-state index in [9.17, 15) is 9.18 Å². The number of benzene rings is 1. The first-order valence-corrected chi connectivity index (χ1v) is 8.25. The number of fused-ring (bicyclic) bond motifs is 3. The molecule has 2 atom stereocenters. The Kier molecular flexibility index (Phi) is 3.19. The monoisotopic (exact) mass is 304 g/mol. The molecule has 0 aliphatic carbocycles. The van der Waals surface area contributed by atoms with Gasteiger partial charge < -0.3 is 10.2 Å². The van der Waals surface area contributed by atoms with E-state index in [1.807, 2.05) is 11.0 Å². The molecule has 2 aliphatic heterocycles. The fourth-order valence-electron chi connectivity index (χ4n) is 3.39. The van der Waals surface area contributed by atoms with Crippen LogP contribution >= 0.6 is 11.3 Å². The summed E-state index contributed by atoms with van der Waals surface area (Å²) in [5.41, 5.74) is 0. The van der Waals surface area contributed by atoms with E-state index in [-0.39, 0.29) is 11.7 Å². The van der Waals surface area contributed by atoms with Gasteiger partial charge in [-0.1, -0.05) is 6.07 Å². The fourth-order valence-corrected chi connectivity index (χ4v) is 4.45. The van der Waals surface area contributed by atoms with Gasteiger partial charge in [0, 0.05) is 29.9 Å². The van der Waals surface area contributed by atoms with Crippen molar-refractivity contribution >= 4 is 27.3 Å². The van der Waals surface area contributed by atoms with E-state index in [1.54, 1.807) is 6.07 Å². The number of rotatable bonds is 1. The lowest BCUT2D eigenvalue weighted by Crippen LogP contribution is -2.38. The average Bonchev–Trinajstić information content (AvgIpc) is 3.01. The van der Waals surface area contributed by atoms with Crippen LogP contribution in [0.5, 0.6) is 0 Å². The van der Waals surface area contributed by atoms with Crippen molar-refractivity contribution in [2.24, 2.45) is 0 Å². The molecule has 2 aromatic rings. The minimum Gasteiger partial charge on any atom is -0.336 e. The van der Waals surface area contributed by atoms with Crippen LogP contribution in [0.15, 0.2) is 24.3 Å². The first-order chi connectivity index (χ1) is 10.2. The number of carbonyl (C=O) groups is 1. The third kappa shape index (κ3) is 2.45. The Morgan fingerprint density at radius 1 is 1.24 bits per heavy atom. The molecule has 21 heavy (non-hydrogen) atoms. The van der Waals surface area contributed by atoms with E-state index in [2.05, 4.69) is 5.32 Å². The summed E-state index contributed by atoms with van der Waals surface area (Å²) in [6, 6.07) is 7.58. The minimum absolute atomic E-state index is 0.0889. The van der Waals surface area contributed by atoms with Gasteiger partial charge >= 0.3 is 0 Å². The summed E-state index contributed by atoms with van der Waals surface area (Å²) < 4.78 is 14.1. The SMILES string of the molecule is O=C(c1cc2ccc(F)cc2s1)N1CCC2CCC(C1)N2. The molecule has 5 heteroatoms. The lowest BCUT2D eigenvalue weighted by atomic mass is 10.1.